The lowest BCUT2D eigenvalue weighted by atomic mass is 9.89. The number of nitrogens with one attached hydrogen (secondary N) is 1. The SMILES string of the molecule is CNC(=O)C1(C)CCN(c2ncc(N)c(C)c2Br)C1. The molecule has 6 heteroatoms. The smallest absolute Gasteiger partial charge is 0.227 e. The summed E-state index contributed by atoms with van der Waals surface area (Å²) in [7, 11) is 1.68. The Morgan fingerprint density at radius 1 is 1.63 bits per heavy atom. The molecule has 0 bridgehead atoms. The lowest BCUT2D eigenvalue weighted by Crippen LogP contribution is -2.39. The maximum atomic E-state index is 11.9. The van der Waals surface area contributed by atoms with Crippen LogP contribution in [0, 0.1) is 12.3 Å². The summed E-state index contributed by atoms with van der Waals surface area (Å²) in [6.07, 6.45) is 2.50. The third-order valence-electron chi connectivity index (χ3n) is 3.83. The molecule has 0 spiro atoms. The van der Waals surface area contributed by atoms with Crippen LogP contribution in [0.5, 0.6) is 0 Å². The number of halogens is 1. The standard InChI is InChI=1S/C13H19BrN4O/c1-8-9(15)6-17-11(10(8)14)18-5-4-13(2,7-18)12(19)16-3/h6H,4-5,7,15H2,1-3H3,(H,16,19). The number of hydrogen-bond donors (Lipinski definition) is 2. The monoisotopic (exact) mass is 326 g/mol. The Morgan fingerprint density at radius 2 is 2.32 bits per heavy atom. The van der Waals surface area contributed by atoms with Crippen molar-refractivity contribution in [2.45, 2.75) is 20.3 Å². The first-order chi connectivity index (χ1) is 8.89. The molecule has 1 saturated heterocycles. The molecule has 0 aromatic carbocycles. The van der Waals surface area contributed by atoms with Crippen LogP contribution in [-0.2, 0) is 4.79 Å². The molecule has 5 nitrogen and oxygen atoms in total. The molecule has 1 aromatic heterocycles. The summed E-state index contributed by atoms with van der Waals surface area (Å²) >= 11 is 3.55. The minimum absolute atomic E-state index is 0.0817. The van der Waals surface area contributed by atoms with Crippen molar-refractivity contribution < 1.29 is 4.79 Å². The minimum Gasteiger partial charge on any atom is -0.397 e. The number of hydrogen-bond acceptors (Lipinski definition) is 4. The third kappa shape index (κ3) is 2.41. The molecule has 1 aliphatic heterocycles. The van der Waals surface area contributed by atoms with Crippen molar-refractivity contribution in [3.8, 4) is 0 Å². The third-order valence-corrected chi connectivity index (χ3v) is 4.78. The summed E-state index contributed by atoms with van der Waals surface area (Å²) in [6.45, 7) is 5.43. The highest BCUT2D eigenvalue weighted by atomic mass is 79.9. The Bertz CT molecular complexity index is 520. The highest BCUT2D eigenvalue weighted by Gasteiger charge is 2.40. The number of carbonyl (C=O) groups excluding carboxylic acids is 1. The van der Waals surface area contributed by atoms with Crippen molar-refractivity contribution in [2.24, 2.45) is 5.41 Å². The van der Waals surface area contributed by atoms with Gasteiger partial charge in [0, 0.05) is 20.1 Å². The molecule has 1 amide bonds. The molecule has 104 valence electrons. The lowest BCUT2D eigenvalue weighted by molar-refractivity contribution is -0.128. The van der Waals surface area contributed by atoms with Gasteiger partial charge >= 0.3 is 0 Å². The van der Waals surface area contributed by atoms with Gasteiger partial charge in [-0.05, 0) is 41.8 Å². The van der Waals surface area contributed by atoms with E-state index in [0.717, 1.165) is 28.8 Å². The quantitative estimate of drug-likeness (QED) is 0.867. The number of aromatic nitrogens is 1. The summed E-state index contributed by atoms with van der Waals surface area (Å²) in [6, 6.07) is 0. The van der Waals surface area contributed by atoms with Crippen LogP contribution in [0.4, 0.5) is 11.5 Å². The molecule has 3 N–H and O–H groups in total. The number of anilines is 2. The van der Waals surface area contributed by atoms with Crippen molar-refractivity contribution in [1.29, 1.82) is 0 Å². The summed E-state index contributed by atoms with van der Waals surface area (Å²) in [5.74, 6) is 0.942. The Hall–Kier alpha value is -1.30. The predicted molar refractivity (Wildman–Crippen MR) is 80.1 cm³/mol. The number of amides is 1. The van der Waals surface area contributed by atoms with E-state index < -0.39 is 0 Å². The number of pyridine rings is 1. The van der Waals surface area contributed by atoms with Gasteiger partial charge in [0.25, 0.3) is 0 Å². The van der Waals surface area contributed by atoms with Gasteiger partial charge in [0.15, 0.2) is 0 Å². The molecule has 2 rings (SSSR count). The lowest BCUT2D eigenvalue weighted by Gasteiger charge is -2.24. The molecule has 19 heavy (non-hydrogen) atoms. The summed E-state index contributed by atoms with van der Waals surface area (Å²) in [4.78, 5) is 18.5. The highest BCUT2D eigenvalue weighted by Crippen LogP contribution is 2.37. The Kier molecular flexibility index (Phi) is 3.71. The second-order valence-corrected chi connectivity index (χ2v) is 6.08. The maximum absolute atomic E-state index is 11.9. The first-order valence-corrected chi connectivity index (χ1v) is 7.06. The van der Waals surface area contributed by atoms with Crippen molar-refractivity contribution in [3.05, 3.63) is 16.2 Å². The molecular weight excluding hydrogens is 308 g/mol. The number of rotatable bonds is 2. The van der Waals surface area contributed by atoms with E-state index in [4.69, 9.17) is 5.73 Å². The number of nitrogens with two attached hydrogens (primary N) is 1. The Morgan fingerprint density at radius 3 is 2.95 bits per heavy atom. The second kappa shape index (κ2) is 5.00. The number of carbonyl (C=O) groups is 1. The summed E-state index contributed by atoms with van der Waals surface area (Å²) in [5.41, 5.74) is 7.14. The van der Waals surface area contributed by atoms with Gasteiger partial charge in [-0.25, -0.2) is 4.98 Å². The normalized spacial score (nSPS) is 22.6. The molecule has 2 heterocycles. The first-order valence-electron chi connectivity index (χ1n) is 6.27. The average Bonchev–Trinajstić information content (AvgIpc) is 2.79. The van der Waals surface area contributed by atoms with Crippen LogP contribution in [0.2, 0.25) is 0 Å². The molecule has 1 atom stereocenters. The fourth-order valence-electron chi connectivity index (χ4n) is 2.43. The van der Waals surface area contributed by atoms with Gasteiger partial charge in [-0.15, -0.1) is 0 Å². The van der Waals surface area contributed by atoms with E-state index >= 15 is 0 Å². The molecule has 1 unspecified atom stereocenters. The molecule has 0 aliphatic carbocycles. The van der Waals surface area contributed by atoms with Crippen LogP contribution in [0.1, 0.15) is 18.9 Å². The molecular formula is C13H19BrN4O. The first kappa shape index (κ1) is 14.1. The van der Waals surface area contributed by atoms with Gasteiger partial charge in [0.1, 0.15) is 5.82 Å². The van der Waals surface area contributed by atoms with Crippen LogP contribution in [0.25, 0.3) is 0 Å². The molecule has 1 fully saturated rings. The maximum Gasteiger partial charge on any atom is 0.227 e. The van der Waals surface area contributed by atoms with Gasteiger partial charge in [-0.2, -0.15) is 0 Å². The molecule has 1 aliphatic rings. The van der Waals surface area contributed by atoms with E-state index in [9.17, 15) is 4.79 Å². The van der Waals surface area contributed by atoms with E-state index in [1.807, 2.05) is 13.8 Å². The average molecular weight is 327 g/mol. The minimum atomic E-state index is -0.356. The predicted octanol–water partition coefficient (Wildman–Crippen LogP) is 1.70. The Balaban J connectivity index is 2.27. The zero-order chi connectivity index (χ0) is 14.2. The topological polar surface area (TPSA) is 71.2 Å². The van der Waals surface area contributed by atoms with Crippen molar-refractivity contribution in [2.75, 3.05) is 30.8 Å². The van der Waals surface area contributed by atoms with Gasteiger partial charge in [-0.1, -0.05) is 0 Å². The van der Waals surface area contributed by atoms with E-state index in [2.05, 4.69) is 31.1 Å². The number of nitrogen functional groups attached to an aromatic ring is 1. The molecule has 1 aromatic rings. The van der Waals surface area contributed by atoms with Crippen molar-refractivity contribution in [3.63, 3.8) is 0 Å². The molecule has 0 saturated carbocycles. The Labute approximate surface area is 121 Å². The van der Waals surface area contributed by atoms with Crippen LogP contribution in [0.15, 0.2) is 10.7 Å². The van der Waals surface area contributed by atoms with Crippen molar-refractivity contribution >= 4 is 33.3 Å². The largest absolute Gasteiger partial charge is 0.397 e. The van der Waals surface area contributed by atoms with Crippen LogP contribution in [-0.4, -0.2) is 31.0 Å². The van der Waals surface area contributed by atoms with E-state index in [1.165, 1.54) is 0 Å². The summed E-state index contributed by atoms with van der Waals surface area (Å²) < 4.78 is 0.911. The zero-order valence-corrected chi connectivity index (χ0v) is 13.0. The molecule has 0 radical (unpaired) electrons. The second-order valence-electron chi connectivity index (χ2n) is 5.29. The number of nitrogens with zero attached hydrogens (tertiary/aromatic N) is 2. The van der Waals surface area contributed by atoms with Gasteiger partial charge in [0.05, 0.1) is 21.8 Å². The highest BCUT2D eigenvalue weighted by molar-refractivity contribution is 9.10. The summed E-state index contributed by atoms with van der Waals surface area (Å²) in [5, 5.41) is 2.74. The fraction of sp³-hybridized carbons (Fsp3) is 0.538. The van der Waals surface area contributed by atoms with Gasteiger partial charge in [0.2, 0.25) is 5.91 Å². The van der Waals surface area contributed by atoms with Gasteiger partial charge < -0.3 is 16.0 Å². The van der Waals surface area contributed by atoms with Crippen LogP contribution in [0.3, 0.4) is 0 Å². The van der Waals surface area contributed by atoms with Crippen LogP contribution < -0.4 is 16.0 Å². The van der Waals surface area contributed by atoms with Gasteiger partial charge in [-0.3, -0.25) is 4.79 Å². The van der Waals surface area contributed by atoms with E-state index in [0.29, 0.717) is 12.2 Å². The van der Waals surface area contributed by atoms with E-state index in [-0.39, 0.29) is 11.3 Å². The fourth-order valence-corrected chi connectivity index (χ4v) is 3.01. The van der Waals surface area contributed by atoms with Crippen molar-refractivity contribution in [1.82, 2.24) is 10.3 Å². The van der Waals surface area contributed by atoms with E-state index in [1.54, 1.807) is 13.2 Å². The zero-order valence-electron chi connectivity index (χ0n) is 11.5. The van der Waals surface area contributed by atoms with Crippen LogP contribution >= 0.6 is 15.9 Å².